The number of sulfonamides is 1. The van der Waals surface area contributed by atoms with Crippen molar-refractivity contribution in [2.24, 2.45) is 11.8 Å². The Morgan fingerprint density at radius 1 is 1.15 bits per heavy atom. The molecule has 1 fully saturated rings. The van der Waals surface area contributed by atoms with Crippen LogP contribution in [-0.2, 0) is 14.8 Å². The molecule has 2 atom stereocenters. The third kappa shape index (κ3) is 7.05. The van der Waals surface area contributed by atoms with Gasteiger partial charge >= 0.3 is 0 Å². The number of ether oxygens (including phenoxy) is 1. The maximum absolute atomic E-state index is 13.4. The molecule has 1 aliphatic rings. The lowest BCUT2D eigenvalue weighted by Gasteiger charge is -2.34. The molecule has 0 spiro atoms. The van der Waals surface area contributed by atoms with Gasteiger partial charge in [0.2, 0.25) is 10.0 Å². The van der Waals surface area contributed by atoms with Gasteiger partial charge in [0, 0.05) is 47.6 Å². The second-order valence-electron chi connectivity index (χ2n) is 8.58. The van der Waals surface area contributed by atoms with Gasteiger partial charge in [0.1, 0.15) is 0 Å². The highest BCUT2D eigenvalue weighted by molar-refractivity contribution is 9.10. The summed E-state index contributed by atoms with van der Waals surface area (Å²) in [6, 6.07) is 12.6. The molecule has 180 valence electrons. The van der Waals surface area contributed by atoms with Crippen molar-refractivity contribution in [3.8, 4) is 0 Å². The Morgan fingerprint density at radius 2 is 1.82 bits per heavy atom. The Morgan fingerprint density at radius 3 is 2.45 bits per heavy atom. The monoisotopic (exact) mass is 554 g/mol. The van der Waals surface area contributed by atoms with Crippen molar-refractivity contribution < 1.29 is 17.9 Å². The van der Waals surface area contributed by atoms with E-state index in [1.54, 1.807) is 23.5 Å². The average molecular weight is 556 g/mol. The van der Waals surface area contributed by atoms with E-state index in [9.17, 15) is 13.2 Å². The number of carbonyl (C=O) groups excluding carboxylic acids is 1. The molecule has 33 heavy (non-hydrogen) atoms. The zero-order valence-electron chi connectivity index (χ0n) is 19.2. The van der Waals surface area contributed by atoms with Gasteiger partial charge in [-0.2, -0.15) is 4.31 Å². The molecule has 2 aromatic carbocycles. The molecular formula is C24H31BrN2O4S2. The Kier molecular flexibility index (Phi) is 9.41. The number of nitrogens with zero attached hydrogens (tertiary/aromatic N) is 1. The van der Waals surface area contributed by atoms with Gasteiger partial charge < -0.3 is 10.1 Å². The molecule has 1 aliphatic heterocycles. The third-order valence-corrected chi connectivity index (χ3v) is 8.96. The van der Waals surface area contributed by atoms with Crippen molar-refractivity contribution in [1.82, 2.24) is 9.62 Å². The van der Waals surface area contributed by atoms with Gasteiger partial charge in [-0.3, -0.25) is 4.79 Å². The molecule has 0 radical (unpaired) electrons. The topological polar surface area (TPSA) is 75.7 Å². The number of hydrogen-bond acceptors (Lipinski definition) is 5. The van der Waals surface area contributed by atoms with Crippen LogP contribution in [0.15, 0.2) is 61.6 Å². The summed E-state index contributed by atoms with van der Waals surface area (Å²) in [6.07, 6.45) is 1.70. The second-order valence-corrected chi connectivity index (χ2v) is 12.6. The number of piperidine rings is 1. The fourth-order valence-electron chi connectivity index (χ4n) is 4.03. The van der Waals surface area contributed by atoms with E-state index in [-0.39, 0.29) is 10.8 Å². The van der Waals surface area contributed by atoms with Crippen LogP contribution in [0.5, 0.6) is 0 Å². The van der Waals surface area contributed by atoms with E-state index < -0.39 is 10.0 Å². The van der Waals surface area contributed by atoms with Gasteiger partial charge in [0.25, 0.3) is 5.91 Å². The Labute approximate surface area is 209 Å². The van der Waals surface area contributed by atoms with E-state index in [0.29, 0.717) is 55.0 Å². The zero-order chi connectivity index (χ0) is 24.0. The highest BCUT2D eigenvalue weighted by Crippen LogP contribution is 2.34. The first-order valence-electron chi connectivity index (χ1n) is 11.1. The summed E-state index contributed by atoms with van der Waals surface area (Å²) in [5, 5.41) is 2.89. The largest absolute Gasteiger partial charge is 0.385 e. The molecule has 3 rings (SSSR count). The number of methoxy groups -OCH3 is 1. The number of nitrogens with one attached hydrogen (secondary N) is 1. The van der Waals surface area contributed by atoms with Gasteiger partial charge in [0.15, 0.2) is 0 Å². The van der Waals surface area contributed by atoms with E-state index >= 15 is 0 Å². The average Bonchev–Trinajstić information content (AvgIpc) is 2.77. The smallest absolute Gasteiger partial charge is 0.252 e. The molecule has 9 heteroatoms. The summed E-state index contributed by atoms with van der Waals surface area (Å²) in [7, 11) is -2.07. The van der Waals surface area contributed by atoms with E-state index in [1.165, 1.54) is 17.8 Å². The summed E-state index contributed by atoms with van der Waals surface area (Å²) in [6.45, 7) is 6.15. The lowest BCUT2D eigenvalue weighted by Crippen LogP contribution is -2.42. The van der Waals surface area contributed by atoms with E-state index in [1.807, 2.05) is 24.3 Å². The van der Waals surface area contributed by atoms with Crippen LogP contribution >= 0.6 is 27.7 Å². The Bertz CT molecular complexity index is 1050. The van der Waals surface area contributed by atoms with Crippen LogP contribution in [0.2, 0.25) is 0 Å². The SMILES string of the molecule is COCCCNC(=O)c1cc(S(=O)(=O)N2CC(C)CC(C)C2)ccc1Sc1ccc(Br)cc1. The number of benzene rings is 2. The maximum Gasteiger partial charge on any atom is 0.252 e. The fraction of sp³-hybridized carbons (Fsp3) is 0.458. The summed E-state index contributed by atoms with van der Waals surface area (Å²) < 4.78 is 34.4. The molecule has 2 aromatic rings. The van der Waals surface area contributed by atoms with E-state index in [4.69, 9.17) is 4.74 Å². The van der Waals surface area contributed by atoms with Crippen molar-refractivity contribution in [2.45, 2.75) is 41.4 Å². The quantitative estimate of drug-likeness (QED) is 0.440. The highest BCUT2D eigenvalue weighted by atomic mass is 79.9. The molecule has 0 aliphatic carbocycles. The molecular weight excluding hydrogens is 524 g/mol. The summed E-state index contributed by atoms with van der Waals surface area (Å²) in [4.78, 5) is 14.9. The lowest BCUT2D eigenvalue weighted by atomic mass is 9.94. The zero-order valence-corrected chi connectivity index (χ0v) is 22.4. The van der Waals surface area contributed by atoms with E-state index in [0.717, 1.165) is 15.8 Å². The fourth-order valence-corrected chi connectivity index (χ4v) is 6.92. The first-order valence-corrected chi connectivity index (χ1v) is 14.1. The summed E-state index contributed by atoms with van der Waals surface area (Å²) >= 11 is 4.87. The number of carbonyl (C=O) groups is 1. The van der Waals surface area contributed by atoms with Gasteiger partial charge in [0.05, 0.1) is 10.5 Å². The molecule has 0 aromatic heterocycles. The van der Waals surface area contributed by atoms with Crippen molar-refractivity contribution in [3.63, 3.8) is 0 Å². The second kappa shape index (κ2) is 11.8. The van der Waals surface area contributed by atoms with Crippen molar-refractivity contribution in [1.29, 1.82) is 0 Å². The van der Waals surface area contributed by atoms with Crippen LogP contribution < -0.4 is 5.32 Å². The molecule has 1 heterocycles. The molecule has 0 saturated carbocycles. The van der Waals surface area contributed by atoms with Crippen molar-refractivity contribution in [3.05, 3.63) is 52.5 Å². The minimum atomic E-state index is -3.69. The van der Waals surface area contributed by atoms with Crippen LogP contribution in [0.25, 0.3) is 0 Å². The Hall–Kier alpha value is -1.39. The maximum atomic E-state index is 13.4. The molecule has 1 saturated heterocycles. The van der Waals surface area contributed by atoms with Crippen LogP contribution in [0, 0.1) is 11.8 Å². The van der Waals surface area contributed by atoms with Crippen LogP contribution in [0.3, 0.4) is 0 Å². The third-order valence-electron chi connectivity index (χ3n) is 5.52. The first kappa shape index (κ1) is 26.2. The van der Waals surface area contributed by atoms with Crippen LogP contribution in [0.1, 0.15) is 37.0 Å². The van der Waals surface area contributed by atoms with Crippen LogP contribution in [-0.4, -0.2) is 52.0 Å². The molecule has 1 N–H and O–H groups in total. The van der Waals surface area contributed by atoms with Crippen LogP contribution in [0.4, 0.5) is 0 Å². The molecule has 2 unspecified atom stereocenters. The van der Waals surface area contributed by atoms with Gasteiger partial charge in [-0.15, -0.1) is 0 Å². The van der Waals surface area contributed by atoms with Crippen molar-refractivity contribution >= 4 is 43.6 Å². The van der Waals surface area contributed by atoms with Gasteiger partial charge in [-0.1, -0.05) is 41.5 Å². The van der Waals surface area contributed by atoms with E-state index in [2.05, 4.69) is 35.1 Å². The highest BCUT2D eigenvalue weighted by Gasteiger charge is 2.32. The van der Waals surface area contributed by atoms with Crippen molar-refractivity contribution in [2.75, 3.05) is 33.4 Å². The molecule has 1 amide bonds. The number of hydrogen-bond donors (Lipinski definition) is 1. The predicted molar refractivity (Wildman–Crippen MR) is 135 cm³/mol. The standard InChI is InChI=1S/C24H31BrN2O4S2/c1-17-13-18(2)16-27(15-17)33(29,30)21-9-10-23(32-20-7-5-19(25)6-8-20)22(14-21)24(28)26-11-4-12-31-3/h5-10,14,17-18H,4,11-13,15-16H2,1-3H3,(H,26,28). The normalized spacial score (nSPS) is 19.4. The lowest BCUT2D eigenvalue weighted by molar-refractivity contribution is 0.0945. The van der Waals surface area contributed by atoms with Gasteiger partial charge in [-0.05, 0) is 67.1 Å². The predicted octanol–water partition coefficient (Wildman–Crippen LogP) is 5.03. The van der Waals surface area contributed by atoms with Gasteiger partial charge in [-0.25, -0.2) is 8.42 Å². The summed E-state index contributed by atoms with van der Waals surface area (Å²) in [5.41, 5.74) is 0.361. The first-order chi connectivity index (χ1) is 15.7. The molecule has 6 nitrogen and oxygen atoms in total. The Balaban J connectivity index is 1.92. The summed E-state index contributed by atoms with van der Waals surface area (Å²) in [5.74, 6) is 0.321. The number of rotatable bonds is 9. The minimum absolute atomic E-state index is 0.158. The number of halogens is 1. The molecule has 0 bridgehead atoms. The number of amides is 1. The minimum Gasteiger partial charge on any atom is -0.385 e.